The average molecular weight is 320 g/mol. The highest BCUT2D eigenvalue weighted by Gasteiger charge is 2.34. The number of aromatic nitrogens is 3. The second-order valence-corrected chi connectivity index (χ2v) is 6.87. The van der Waals surface area contributed by atoms with Gasteiger partial charge in [0.25, 0.3) is 5.91 Å². The number of nitrogens with two attached hydrogens (primary N) is 1. The second kappa shape index (κ2) is 6.97. The van der Waals surface area contributed by atoms with Crippen molar-refractivity contribution in [1.82, 2.24) is 25.2 Å². The van der Waals surface area contributed by atoms with Crippen LogP contribution in [-0.2, 0) is 0 Å². The highest BCUT2D eigenvalue weighted by atomic mass is 16.2. The van der Waals surface area contributed by atoms with Crippen LogP contribution in [0.15, 0.2) is 0 Å². The zero-order valence-electron chi connectivity index (χ0n) is 14.2. The molecule has 3 N–H and O–H groups in total. The highest BCUT2D eigenvalue weighted by Crippen LogP contribution is 2.26. The molecule has 128 valence electrons. The maximum absolute atomic E-state index is 13.0. The molecule has 0 saturated carbocycles. The van der Waals surface area contributed by atoms with Crippen LogP contribution >= 0.6 is 0 Å². The molecule has 0 aromatic carbocycles. The average Bonchev–Trinajstić information content (AvgIpc) is 2.96. The van der Waals surface area contributed by atoms with Crippen molar-refractivity contribution >= 4 is 5.91 Å². The van der Waals surface area contributed by atoms with Crippen LogP contribution in [0.3, 0.4) is 0 Å². The Kier molecular flexibility index (Phi) is 4.96. The van der Waals surface area contributed by atoms with Gasteiger partial charge in [-0.05, 0) is 51.6 Å². The van der Waals surface area contributed by atoms with Crippen molar-refractivity contribution in [2.75, 3.05) is 26.2 Å². The largest absolute Gasteiger partial charge is 0.333 e. The van der Waals surface area contributed by atoms with Crippen LogP contribution < -0.4 is 11.1 Å². The maximum Gasteiger partial charge on any atom is 0.276 e. The molecule has 0 radical (unpaired) electrons. The van der Waals surface area contributed by atoms with Gasteiger partial charge in [0.2, 0.25) is 0 Å². The van der Waals surface area contributed by atoms with Crippen molar-refractivity contribution in [2.24, 2.45) is 11.7 Å². The third kappa shape index (κ3) is 3.12. The Labute approximate surface area is 137 Å². The quantitative estimate of drug-likeness (QED) is 0.856. The number of carbonyl (C=O) groups excluding carboxylic acids is 1. The van der Waals surface area contributed by atoms with Crippen LogP contribution in [0.5, 0.6) is 0 Å². The Morgan fingerprint density at radius 2 is 2.09 bits per heavy atom. The summed E-state index contributed by atoms with van der Waals surface area (Å²) in [6.45, 7) is 7.40. The van der Waals surface area contributed by atoms with Crippen molar-refractivity contribution in [3.63, 3.8) is 0 Å². The van der Waals surface area contributed by atoms with Crippen molar-refractivity contribution in [3.05, 3.63) is 11.4 Å². The van der Waals surface area contributed by atoms with E-state index >= 15 is 0 Å². The van der Waals surface area contributed by atoms with Gasteiger partial charge in [-0.3, -0.25) is 4.79 Å². The summed E-state index contributed by atoms with van der Waals surface area (Å²) in [6.07, 6.45) is 4.23. The monoisotopic (exact) mass is 320 g/mol. The van der Waals surface area contributed by atoms with E-state index in [0.717, 1.165) is 51.0 Å². The molecule has 23 heavy (non-hydrogen) atoms. The first-order valence-corrected chi connectivity index (χ1v) is 8.77. The Hall–Kier alpha value is -1.47. The van der Waals surface area contributed by atoms with Crippen molar-refractivity contribution in [1.29, 1.82) is 0 Å². The van der Waals surface area contributed by atoms with Gasteiger partial charge in [0, 0.05) is 19.1 Å². The summed E-state index contributed by atoms with van der Waals surface area (Å²) in [7, 11) is 0. The molecule has 7 nitrogen and oxygen atoms in total. The first-order valence-electron chi connectivity index (χ1n) is 8.77. The third-order valence-electron chi connectivity index (χ3n) is 5.40. The van der Waals surface area contributed by atoms with Gasteiger partial charge in [-0.1, -0.05) is 12.1 Å². The molecule has 1 aromatic heterocycles. The fourth-order valence-electron chi connectivity index (χ4n) is 3.93. The minimum atomic E-state index is -0.00955. The fourth-order valence-corrected chi connectivity index (χ4v) is 3.93. The Bertz CT molecular complexity index is 551. The van der Waals surface area contributed by atoms with Crippen LogP contribution in [-0.4, -0.2) is 58.0 Å². The lowest BCUT2D eigenvalue weighted by Crippen LogP contribution is -2.51. The fraction of sp³-hybridized carbons (Fsp3) is 0.812. The normalized spacial score (nSPS) is 26.5. The lowest BCUT2D eigenvalue weighted by molar-refractivity contribution is 0.0525. The van der Waals surface area contributed by atoms with E-state index in [2.05, 4.69) is 22.6 Å². The number of nitrogens with one attached hydrogen (secondary N) is 1. The molecule has 2 atom stereocenters. The summed E-state index contributed by atoms with van der Waals surface area (Å²) < 4.78 is 1.94. The lowest BCUT2D eigenvalue weighted by Gasteiger charge is -2.39. The van der Waals surface area contributed by atoms with Crippen molar-refractivity contribution in [3.8, 4) is 0 Å². The van der Waals surface area contributed by atoms with Gasteiger partial charge in [-0.15, -0.1) is 5.10 Å². The van der Waals surface area contributed by atoms with Crippen molar-refractivity contribution < 1.29 is 4.79 Å². The molecule has 7 heteroatoms. The summed E-state index contributed by atoms with van der Waals surface area (Å²) in [5.41, 5.74) is 7.30. The van der Waals surface area contributed by atoms with E-state index in [9.17, 15) is 4.79 Å². The van der Waals surface area contributed by atoms with E-state index in [1.807, 2.05) is 16.5 Å². The van der Waals surface area contributed by atoms with E-state index in [-0.39, 0.29) is 11.9 Å². The predicted octanol–water partition coefficient (Wildman–Crippen LogP) is 0.710. The highest BCUT2D eigenvalue weighted by molar-refractivity contribution is 5.93. The molecule has 2 aliphatic heterocycles. The van der Waals surface area contributed by atoms with E-state index in [0.29, 0.717) is 24.2 Å². The first-order chi connectivity index (χ1) is 11.1. The minimum Gasteiger partial charge on any atom is -0.333 e. The smallest absolute Gasteiger partial charge is 0.276 e. The van der Waals surface area contributed by atoms with E-state index < -0.39 is 0 Å². The van der Waals surface area contributed by atoms with Gasteiger partial charge in [0.15, 0.2) is 5.69 Å². The predicted molar refractivity (Wildman–Crippen MR) is 88.2 cm³/mol. The molecule has 3 heterocycles. The topological polar surface area (TPSA) is 89.1 Å². The van der Waals surface area contributed by atoms with Gasteiger partial charge in [-0.25, -0.2) is 4.68 Å². The number of hydrogen-bond acceptors (Lipinski definition) is 5. The SMILES string of the molecule is Cc1c(C(=O)N2CCC[C@H](C)[C@H]2CN)nnn1C1CCNCC1. The number of piperidine rings is 2. The molecule has 3 rings (SSSR count). The molecule has 0 spiro atoms. The number of carbonyl (C=O) groups is 1. The van der Waals surface area contributed by atoms with Crippen LogP contribution in [0, 0.1) is 12.8 Å². The number of amides is 1. The Morgan fingerprint density at radius 1 is 1.35 bits per heavy atom. The molecule has 1 aromatic rings. The maximum atomic E-state index is 13.0. The number of nitrogens with zero attached hydrogens (tertiary/aromatic N) is 4. The van der Waals surface area contributed by atoms with Gasteiger partial charge in [-0.2, -0.15) is 0 Å². The number of rotatable bonds is 3. The van der Waals surface area contributed by atoms with Gasteiger partial charge < -0.3 is 16.0 Å². The third-order valence-corrected chi connectivity index (χ3v) is 5.40. The summed E-state index contributed by atoms with van der Waals surface area (Å²) in [5, 5.41) is 11.9. The first kappa shape index (κ1) is 16.4. The number of hydrogen-bond donors (Lipinski definition) is 2. The number of likely N-dealkylation sites (tertiary alicyclic amines) is 1. The standard InChI is InChI=1S/C16H28N6O/c1-11-4-3-9-21(14(11)10-17)16(23)15-12(2)22(20-19-15)13-5-7-18-8-6-13/h11,13-14,18H,3-10,17H2,1-2H3/t11-,14+/m0/s1. The zero-order valence-corrected chi connectivity index (χ0v) is 14.2. The molecular formula is C16H28N6O. The van der Waals surface area contributed by atoms with E-state index in [1.54, 1.807) is 0 Å². The minimum absolute atomic E-state index is 0.00955. The van der Waals surface area contributed by atoms with Crippen molar-refractivity contribution in [2.45, 2.75) is 51.6 Å². The van der Waals surface area contributed by atoms with Crippen LogP contribution in [0.25, 0.3) is 0 Å². The Balaban J connectivity index is 1.80. The summed E-state index contributed by atoms with van der Waals surface area (Å²) in [4.78, 5) is 14.9. The molecule has 2 aliphatic rings. The van der Waals surface area contributed by atoms with Gasteiger partial charge in [0.05, 0.1) is 11.7 Å². The van der Waals surface area contributed by atoms with Gasteiger partial charge in [0.1, 0.15) is 0 Å². The molecule has 0 aliphatic carbocycles. The van der Waals surface area contributed by atoms with E-state index in [4.69, 9.17) is 5.73 Å². The molecule has 0 unspecified atom stereocenters. The molecule has 1 amide bonds. The van der Waals surface area contributed by atoms with Crippen LogP contribution in [0.1, 0.15) is 54.8 Å². The molecule has 2 saturated heterocycles. The zero-order chi connectivity index (χ0) is 16.4. The molecule has 2 fully saturated rings. The summed E-state index contributed by atoms with van der Waals surface area (Å²) >= 11 is 0. The summed E-state index contributed by atoms with van der Waals surface area (Å²) in [5.74, 6) is 0.433. The van der Waals surface area contributed by atoms with E-state index in [1.165, 1.54) is 0 Å². The van der Waals surface area contributed by atoms with Crippen LogP contribution in [0.2, 0.25) is 0 Å². The lowest BCUT2D eigenvalue weighted by atomic mass is 9.90. The second-order valence-electron chi connectivity index (χ2n) is 6.87. The molecular weight excluding hydrogens is 292 g/mol. The van der Waals surface area contributed by atoms with Crippen LogP contribution in [0.4, 0.5) is 0 Å². The molecule has 0 bridgehead atoms. The summed E-state index contributed by atoms with van der Waals surface area (Å²) in [6, 6.07) is 0.454. The van der Waals surface area contributed by atoms with Gasteiger partial charge >= 0.3 is 0 Å². The Morgan fingerprint density at radius 3 is 2.78 bits per heavy atom.